The molecule has 3 aliphatic heterocycles. The molecule has 4 rings (SSSR count). The first-order valence-electron chi connectivity index (χ1n) is 7.40. The van der Waals surface area contributed by atoms with Gasteiger partial charge in [0.05, 0.1) is 0 Å². The fourth-order valence-electron chi connectivity index (χ4n) is 3.70. The third-order valence-electron chi connectivity index (χ3n) is 4.78. The fourth-order valence-corrected chi connectivity index (χ4v) is 3.70. The molecule has 0 amide bonds. The maximum absolute atomic E-state index is 3.56. The Hall–Kier alpha value is -0.900. The molecule has 3 fully saturated rings. The molecule has 2 atom stereocenters. The van der Waals surface area contributed by atoms with Gasteiger partial charge in [-0.3, -0.25) is 9.80 Å². The quantitative estimate of drug-likeness (QED) is 0.889. The van der Waals surface area contributed by atoms with E-state index in [-0.39, 0.29) is 0 Å². The average Bonchev–Trinajstić information content (AvgIpc) is 2.43. The topological polar surface area (TPSA) is 18.5 Å². The molecular formula is C16H25N3. The summed E-state index contributed by atoms with van der Waals surface area (Å²) in [7, 11) is 2.10. The lowest BCUT2D eigenvalue weighted by Crippen LogP contribution is -2.63. The van der Waals surface area contributed by atoms with E-state index in [0.717, 1.165) is 0 Å². The average molecular weight is 259 g/mol. The van der Waals surface area contributed by atoms with Crippen molar-refractivity contribution in [1.82, 2.24) is 15.1 Å². The maximum atomic E-state index is 3.56. The number of piperazine rings is 3. The number of hydrogen-bond donors (Lipinski definition) is 1. The lowest BCUT2D eigenvalue weighted by molar-refractivity contribution is -0.00263. The van der Waals surface area contributed by atoms with Crippen LogP contribution in [0.25, 0.3) is 0 Å². The highest BCUT2D eigenvalue weighted by Crippen LogP contribution is 2.29. The normalized spacial score (nSPS) is 31.4. The van der Waals surface area contributed by atoms with Gasteiger partial charge in [0.1, 0.15) is 0 Å². The number of rotatable bonds is 3. The fraction of sp³-hybridized carbons (Fsp3) is 0.625. The molecule has 3 heterocycles. The summed E-state index contributed by atoms with van der Waals surface area (Å²) in [6.07, 6.45) is 0. The molecule has 3 nitrogen and oxygen atoms in total. The van der Waals surface area contributed by atoms with E-state index < -0.39 is 0 Å². The van der Waals surface area contributed by atoms with Crippen molar-refractivity contribution in [1.29, 1.82) is 0 Å². The zero-order chi connectivity index (χ0) is 13.4. The van der Waals surface area contributed by atoms with Crippen LogP contribution in [0.4, 0.5) is 0 Å². The Morgan fingerprint density at radius 3 is 2.42 bits per heavy atom. The number of fused-ring (bicyclic) bond motifs is 3. The molecule has 3 heteroatoms. The van der Waals surface area contributed by atoms with Gasteiger partial charge in [0.25, 0.3) is 0 Å². The monoisotopic (exact) mass is 259 g/mol. The van der Waals surface area contributed by atoms with Crippen LogP contribution in [-0.4, -0.2) is 55.6 Å². The SMILES string of the molecule is CNC(c1ccc(C)cc1C)C1CN2CCN1CC2. The first-order valence-corrected chi connectivity index (χ1v) is 7.40. The summed E-state index contributed by atoms with van der Waals surface area (Å²) in [4.78, 5) is 5.28. The highest BCUT2D eigenvalue weighted by atomic mass is 15.4. The highest BCUT2D eigenvalue weighted by molar-refractivity contribution is 5.34. The highest BCUT2D eigenvalue weighted by Gasteiger charge is 2.37. The number of benzene rings is 1. The van der Waals surface area contributed by atoms with E-state index >= 15 is 0 Å². The lowest BCUT2D eigenvalue weighted by Gasteiger charge is -2.50. The molecular weight excluding hydrogens is 234 g/mol. The predicted octanol–water partition coefficient (Wildman–Crippen LogP) is 1.56. The minimum atomic E-state index is 0.448. The van der Waals surface area contributed by atoms with Crippen molar-refractivity contribution >= 4 is 0 Å². The summed E-state index contributed by atoms with van der Waals surface area (Å²) in [5.41, 5.74) is 4.23. The van der Waals surface area contributed by atoms with E-state index in [1.54, 1.807) is 0 Å². The first-order chi connectivity index (χ1) is 9.19. The molecule has 0 aromatic heterocycles. The van der Waals surface area contributed by atoms with Crippen LogP contribution in [0.2, 0.25) is 0 Å². The second kappa shape index (κ2) is 5.23. The predicted molar refractivity (Wildman–Crippen MR) is 79.5 cm³/mol. The van der Waals surface area contributed by atoms with Crippen molar-refractivity contribution in [3.05, 3.63) is 34.9 Å². The summed E-state index contributed by atoms with van der Waals surface area (Å²) in [5.74, 6) is 0. The molecule has 1 aromatic carbocycles. The van der Waals surface area contributed by atoms with Crippen LogP contribution in [-0.2, 0) is 0 Å². The Morgan fingerprint density at radius 1 is 1.16 bits per heavy atom. The van der Waals surface area contributed by atoms with Crippen molar-refractivity contribution in [2.45, 2.75) is 25.9 Å². The summed E-state index contributed by atoms with van der Waals surface area (Å²) in [5, 5.41) is 3.56. The van der Waals surface area contributed by atoms with Gasteiger partial charge in [-0.05, 0) is 32.0 Å². The van der Waals surface area contributed by atoms with Gasteiger partial charge in [0.15, 0.2) is 0 Å². The van der Waals surface area contributed by atoms with E-state index in [4.69, 9.17) is 0 Å². The van der Waals surface area contributed by atoms with Gasteiger partial charge in [-0.15, -0.1) is 0 Å². The Labute approximate surface area is 116 Å². The van der Waals surface area contributed by atoms with Gasteiger partial charge in [0.2, 0.25) is 0 Å². The Balaban J connectivity index is 1.88. The lowest BCUT2D eigenvalue weighted by atomic mass is 9.90. The summed E-state index contributed by atoms with van der Waals surface area (Å²) in [6.45, 7) is 10.6. The van der Waals surface area contributed by atoms with Crippen molar-refractivity contribution in [3.63, 3.8) is 0 Å². The second-order valence-corrected chi connectivity index (χ2v) is 6.03. The molecule has 104 valence electrons. The third-order valence-corrected chi connectivity index (χ3v) is 4.78. The first kappa shape index (κ1) is 13.1. The van der Waals surface area contributed by atoms with Crippen LogP contribution >= 0.6 is 0 Å². The largest absolute Gasteiger partial charge is 0.312 e. The Kier molecular flexibility index (Phi) is 3.61. The summed E-state index contributed by atoms with van der Waals surface area (Å²) >= 11 is 0. The van der Waals surface area contributed by atoms with Crippen LogP contribution in [0, 0.1) is 13.8 Å². The van der Waals surface area contributed by atoms with Crippen LogP contribution in [0.5, 0.6) is 0 Å². The zero-order valence-corrected chi connectivity index (χ0v) is 12.3. The minimum Gasteiger partial charge on any atom is -0.312 e. The standard InChI is InChI=1S/C16H25N3/c1-12-4-5-14(13(2)10-12)16(17-3)15-11-18-6-8-19(15)9-7-18/h4-5,10,15-17H,6-9,11H2,1-3H3. The second-order valence-electron chi connectivity index (χ2n) is 6.03. The molecule has 2 bridgehead atoms. The third kappa shape index (κ3) is 2.42. The summed E-state index contributed by atoms with van der Waals surface area (Å²) in [6, 6.07) is 7.92. The molecule has 1 N–H and O–H groups in total. The van der Waals surface area contributed by atoms with Gasteiger partial charge in [-0.1, -0.05) is 23.8 Å². The number of aryl methyl sites for hydroxylation is 2. The van der Waals surface area contributed by atoms with Crippen LogP contribution in [0.15, 0.2) is 18.2 Å². The van der Waals surface area contributed by atoms with Crippen LogP contribution < -0.4 is 5.32 Å². The molecule has 0 spiro atoms. The number of nitrogens with zero attached hydrogens (tertiary/aromatic N) is 2. The zero-order valence-electron chi connectivity index (χ0n) is 12.3. The number of nitrogens with one attached hydrogen (secondary N) is 1. The smallest absolute Gasteiger partial charge is 0.0490 e. The Bertz CT molecular complexity index is 449. The molecule has 0 aliphatic carbocycles. The van der Waals surface area contributed by atoms with Crippen LogP contribution in [0.3, 0.4) is 0 Å². The van der Waals surface area contributed by atoms with Gasteiger partial charge < -0.3 is 5.32 Å². The van der Waals surface area contributed by atoms with Crippen molar-refractivity contribution < 1.29 is 0 Å². The number of hydrogen-bond acceptors (Lipinski definition) is 3. The van der Waals surface area contributed by atoms with Crippen molar-refractivity contribution in [2.75, 3.05) is 39.8 Å². The maximum Gasteiger partial charge on any atom is 0.0490 e. The van der Waals surface area contributed by atoms with E-state index in [2.05, 4.69) is 54.2 Å². The molecule has 3 saturated heterocycles. The minimum absolute atomic E-state index is 0.448. The van der Waals surface area contributed by atoms with Crippen molar-refractivity contribution in [2.24, 2.45) is 0 Å². The van der Waals surface area contributed by atoms with Crippen LogP contribution in [0.1, 0.15) is 22.7 Å². The molecule has 3 aliphatic rings. The van der Waals surface area contributed by atoms with Gasteiger partial charge >= 0.3 is 0 Å². The van der Waals surface area contributed by atoms with E-state index in [9.17, 15) is 0 Å². The molecule has 0 radical (unpaired) electrons. The number of likely N-dealkylation sites (N-methyl/N-ethyl adjacent to an activating group) is 1. The van der Waals surface area contributed by atoms with Crippen molar-refractivity contribution in [3.8, 4) is 0 Å². The van der Waals surface area contributed by atoms with E-state index in [0.29, 0.717) is 12.1 Å². The van der Waals surface area contributed by atoms with E-state index in [1.807, 2.05) is 0 Å². The van der Waals surface area contributed by atoms with Gasteiger partial charge in [-0.25, -0.2) is 0 Å². The van der Waals surface area contributed by atoms with Gasteiger partial charge in [-0.2, -0.15) is 0 Å². The van der Waals surface area contributed by atoms with Gasteiger partial charge in [0, 0.05) is 44.8 Å². The summed E-state index contributed by atoms with van der Waals surface area (Å²) < 4.78 is 0. The molecule has 2 unspecified atom stereocenters. The molecule has 19 heavy (non-hydrogen) atoms. The molecule has 1 aromatic rings. The Morgan fingerprint density at radius 2 is 1.89 bits per heavy atom. The molecule has 0 saturated carbocycles. The van der Waals surface area contributed by atoms with E-state index in [1.165, 1.54) is 49.4 Å².